The average molecular weight is 265 g/mol. The van der Waals surface area contributed by atoms with Crippen molar-refractivity contribution in [1.82, 2.24) is 15.1 Å². The number of likely N-dealkylation sites (N-methyl/N-ethyl adjacent to an activating group) is 1. The fourth-order valence-electron chi connectivity index (χ4n) is 4.11. The van der Waals surface area contributed by atoms with Gasteiger partial charge in [-0.2, -0.15) is 0 Å². The lowest BCUT2D eigenvalue weighted by molar-refractivity contribution is -0.142. The molecular formula is C15H27N3O. The molecule has 3 aliphatic rings. The lowest BCUT2D eigenvalue weighted by Gasteiger charge is -2.38. The molecule has 19 heavy (non-hydrogen) atoms. The predicted molar refractivity (Wildman–Crippen MR) is 76.0 cm³/mol. The van der Waals surface area contributed by atoms with Gasteiger partial charge in [-0.15, -0.1) is 0 Å². The van der Waals surface area contributed by atoms with Gasteiger partial charge in [0.25, 0.3) is 0 Å². The molecule has 0 radical (unpaired) electrons. The Bertz CT molecular complexity index is 351. The summed E-state index contributed by atoms with van der Waals surface area (Å²) < 4.78 is 0. The normalized spacial score (nSPS) is 40.2. The maximum absolute atomic E-state index is 12.9. The average Bonchev–Trinajstić information content (AvgIpc) is 2.63. The van der Waals surface area contributed by atoms with E-state index in [1.54, 1.807) is 0 Å². The highest BCUT2D eigenvalue weighted by molar-refractivity contribution is 5.83. The summed E-state index contributed by atoms with van der Waals surface area (Å²) in [7, 11) is 2.24. The Morgan fingerprint density at radius 3 is 2.79 bits per heavy atom. The molecule has 3 rings (SSSR count). The van der Waals surface area contributed by atoms with Gasteiger partial charge < -0.3 is 10.2 Å². The summed E-state index contributed by atoms with van der Waals surface area (Å²) in [5, 5.41) is 3.40. The van der Waals surface area contributed by atoms with Crippen LogP contribution in [0.1, 0.15) is 39.0 Å². The van der Waals surface area contributed by atoms with Crippen LogP contribution in [0.4, 0.5) is 0 Å². The summed E-state index contributed by atoms with van der Waals surface area (Å²) in [6.07, 6.45) is 5.91. The van der Waals surface area contributed by atoms with E-state index in [2.05, 4.69) is 29.1 Å². The van der Waals surface area contributed by atoms with Gasteiger partial charge >= 0.3 is 0 Å². The van der Waals surface area contributed by atoms with E-state index in [-0.39, 0.29) is 5.41 Å². The standard InChI is InChI=1S/C15H27N3O/c1-15(7-3-8-16-11-15)14(19)18-9-6-12-4-5-13(10-18)17(12)2/h12-13,16H,3-11H2,1-2H3. The zero-order valence-electron chi connectivity index (χ0n) is 12.3. The molecule has 3 saturated heterocycles. The van der Waals surface area contributed by atoms with Crippen LogP contribution >= 0.6 is 0 Å². The zero-order valence-corrected chi connectivity index (χ0v) is 12.3. The maximum atomic E-state index is 12.9. The third kappa shape index (κ3) is 2.40. The van der Waals surface area contributed by atoms with E-state index in [0.29, 0.717) is 18.0 Å². The second-order valence-electron chi connectivity index (χ2n) is 6.93. The largest absolute Gasteiger partial charge is 0.341 e. The van der Waals surface area contributed by atoms with Crippen LogP contribution < -0.4 is 5.32 Å². The Balaban J connectivity index is 1.70. The van der Waals surface area contributed by atoms with E-state index in [1.807, 2.05) is 0 Å². The molecule has 0 spiro atoms. The minimum atomic E-state index is -0.166. The molecule has 3 heterocycles. The molecule has 3 unspecified atom stereocenters. The number of amides is 1. The van der Waals surface area contributed by atoms with Crippen molar-refractivity contribution in [3.05, 3.63) is 0 Å². The second-order valence-corrected chi connectivity index (χ2v) is 6.93. The second kappa shape index (κ2) is 5.06. The highest BCUT2D eigenvalue weighted by atomic mass is 16.2. The summed E-state index contributed by atoms with van der Waals surface area (Å²) in [6, 6.07) is 1.30. The lowest BCUT2D eigenvalue weighted by atomic mass is 9.81. The van der Waals surface area contributed by atoms with E-state index >= 15 is 0 Å². The van der Waals surface area contributed by atoms with Crippen molar-refractivity contribution in [3.8, 4) is 0 Å². The van der Waals surface area contributed by atoms with E-state index in [9.17, 15) is 4.79 Å². The number of nitrogens with zero attached hydrogens (tertiary/aromatic N) is 2. The molecule has 3 fully saturated rings. The van der Waals surface area contributed by atoms with Gasteiger partial charge in [0.05, 0.1) is 5.41 Å². The number of nitrogens with one attached hydrogen (secondary N) is 1. The van der Waals surface area contributed by atoms with Crippen LogP contribution in [0, 0.1) is 5.41 Å². The van der Waals surface area contributed by atoms with Gasteiger partial charge in [-0.25, -0.2) is 0 Å². The molecule has 1 amide bonds. The number of hydrogen-bond donors (Lipinski definition) is 1. The van der Waals surface area contributed by atoms with Crippen LogP contribution in [-0.2, 0) is 4.79 Å². The van der Waals surface area contributed by atoms with E-state index in [0.717, 1.165) is 45.4 Å². The van der Waals surface area contributed by atoms with Gasteiger partial charge in [-0.05, 0) is 52.6 Å². The first kappa shape index (κ1) is 13.4. The predicted octanol–water partition coefficient (Wildman–Crippen LogP) is 1.07. The molecule has 0 aromatic carbocycles. The topological polar surface area (TPSA) is 35.6 Å². The number of carbonyl (C=O) groups is 1. The zero-order chi connectivity index (χ0) is 13.5. The number of carbonyl (C=O) groups excluding carboxylic acids is 1. The third-order valence-electron chi connectivity index (χ3n) is 5.55. The fourth-order valence-corrected chi connectivity index (χ4v) is 4.11. The first-order valence-corrected chi connectivity index (χ1v) is 7.82. The van der Waals surface area contributed by atoms with E-state index < -0.39 is 0 Å². The molecule has 3 atom stereocenters. The summed E-state index contributed by atoms with van der Waals surface area (Å²) in [4.78, 5) is 17.5. The van der Waals surface area contributed by atoms with Gasteiger partial charge in [-0.1, -0.05) is 0 Å². The monoisotopic (exact) mass is 265 g/mol. The highest BCUT2D eigenvalue weighted by Gasteiger charge is 2.42. The number of hydrogen-bond acceptors (Lipinski definition) is 3. The summed E-state index contributed by atoms with van der Waals surface area (Å²) in [5.41, 5.74) is -0.166. The van der Waals surface area contributed by atoms with Gasteiger partial charge in [0, 0.05) is 31.7 Å². The molecular weight excluding hydrogens is 238 g/mol. The molecule has 0 aromatic rings. The molecule has 2 bridgehead atoms. The maximum Gasteiger partial charge on any atom is 0.229 e. The smallest absolute Gasteiger partial charge is 0.229 e. The summed E-state index contributed by atoms with van der Waals surface area (Å²) in [6.45, 7) is 5.97. The van der Waals surface area contributed by atoms with Gasteiger partial charge in [0.1, 0.15) is 0 Å². The Kier molecular flexibility index (Phi) is 3.56. The Morgan fingerprint density at radius 2 is 2.05 bits per heavy atom. The van der Waals surface area contributed by atoms with E-state index in [1.165, 1.54) is 12.8 Å². The highest BCUT2D eigenvalue weighted by Crippen LogP contribution is 2.33. The van der Waals surface area contributed by atoms with Gasteiger partial charge in [-0.3, -0.25) is 9.69 Å². The van der Waals surface area contributed by atoms with Crippen LogP contribution in [0.5, 0.6) is 0 Å². The van der Waals surface area contributed by atoms with Gasteiger partial charge in [0.2, 0.25) is 5.91 Å². The molecule has 0 aliphatic carbocycles. The number of rotatable bonds is 1. The Morgan fingerprint density at radius 1 is 1.26 bits per heavy atom. The molecule has 0 aromatic heterocycles. The van der Waals surface area contributed by atoms with Crippen molar-refractivity contribution < 1.29 is 4.79 Å². The third-order valence-corrected chi connectivity index (χ3v) is 5.55. The number of fused-ring (bicyclic) bond motifs is 2. The first-order valence-electron chi connectivity index (χ1n) is 7.82. The Labute approximate surface area is 116 Å². The van der Waals surface area contributed by atoms with Crippen molar-refractivity contribution in [1.29, 1.82) is 0 Å². The van der Waals surface area contributed by atoms with Crippen molar-refractivity contribution in [2.75, 3.05) is 33.2 Å². The number of piperidine rings is 1. The summed E-state index contributed by atoms with van der Waals surface area (Å²) in [5.74, 6) is 0.389. The SMILES string of the molecule is CN1C2CCC1CN(C(=O)C1(C)CCCNC1)CC2. The summed E-state index contributed by atoms with van der Waals surface area (Å²) >= 11 is 0. The van der Waals surface area contributed by atoms with Crippen LogP contribution in [0.3, 0.4) is 0 Å². The minimum absolute atomic E-state index is 0.166. The molecule has 1 N–H and O–H groups in total. The number of likely N-dealkylation sites (tertiary alicyclic amines) is 1. The minimum Gasteiger partial charge on any atom is -0.341 e. The first-order chi connectivity index (χ1) is 9.10. The molecule has 0 saturated carbocycles. The van der Waals surface area contributed by atoms with E-state index in [4.69, 9.17) is 0 Å². The molecule has 4 heteroatoms. The quantitative estimate of drug-likeness (QED) is 0.770. The lowest BCUT2D eigenvalue weighted by Crippen LogP contribution is -2.52. The van der Waals surface area contributed by atoms with Gasteiger partial charge in [0.15, 0.2) is 0 Å². The molecule has 3 aliphatic heterocycles. The van der Waals surface area contributed by atoms with Crippen LogP contribution in [0.15, 0.2) is 0 Å². The van der Waals surface area contributed by atoms with Crippen molar-refractivity contribution >= 4 is 5.91 Å². The van der Waals surface area contributed by atoms with Crippen LogP contribution in [-0.4, -0.2) is 61.0 Å². The van der Waals surface area contributed by atoms with Crippen LogP contribution in [0.2, 0.25) is 0 Å². The van der Waals surface area contributed by atoms with Crippen molar-refractivity contribution in [2.24, 2.45) is 5.41 Å². The van der Waals surface area contributed by atoms with Crippen LogP contribution in [0.25, 0.3) is 0 Å². The Hall–Kier alpha value is -0.610. The fraction of sp³-hybridized carbons (Fsp3) is 0.933. The van der Waals surface area contributed by atoms with Crippen molar-refractivity contribution in [2.45, 2.75) is 51.1 Å². The molecule has 4 nitrogen and oxygen atoms in total. The molecule has 108 valence electrons. The van der Waals surface area contributed by atoms with Crippen molar-refractivity contribution in [3.63, 3.8) is 0 Å².